The summed E-state index contributed by atoms with van der Waals surface area (Å²) in [5.41, 5.74) is 0. The van der Waals surface area contributed by atoms with Crippen molar-refractivity contribution in [3.63, 3.8) is 0 Å². The summed E-state index contributed by atoms with van der Waals surface area (Å²) in [6.45, 7) is 3.53. The summed E-state index contributed by atoms with van der Waals surface area (Å²) in [5, 5.41) is 0. The van der Waals surface area contributed by atoms with Gasteiger partial charge >= 0.3 is 11.9 Å². The molecule has 1 rings (SSSR count). The minimum absolute atomic E-state index is 0.0207. The Bertz CT molecular complexity index is 399. The molecule has 1 aliphatic rings. The monoisotopic (exact) mass is 368 g/mol. The number of allylic oxidation sites excluding steroid dienone is 1. The fourth-order valence-corrected chi connectivity index (χ4v) is 2.86. The van der Waals surface area contributed by atoms with Gasteiger partial charge in [0.1, 0.15) is 13.2 Å². The van der Waals surface area contributed by atoms with Gasteiger partial charge in [-0.05, 0) is 25.7 Å². The lowest BCUT2D eigenvalue weighted by atomic mass is 10.1. The van der Waals surface area contributed by atoms with E-state index in [9.17, 15) is 9.59 Å². The summed E-state index contributed by atoms with van der Waals surface area (Å²) in [6.07, 6.45) is 16.2. The smallest absolute Gasteiger partial charge is 0.306 e. The van der Waals surface area contributed by atoms with Crippen molar-refractivity contribution in [1.29, 1.82) is 0 Å². The minimum Gasteiger partial charge on any atom is -0.463 e. The number of rotatable bonds is 15. The standard InChI is InChI=1S/C21H36O5/c1-2-3-4-5-6-7-8-9-10-11-16-25-20(22)14-15-21(23)26-18-19-13-12-17-24-19/h10-11,19H,2-9,12-18H2,1H3/b11-10+. The highest BCUT2D eigenvalue weighted by Crippen LogP contribution is 2.12. The van der Waals surface area contributed by atoms with E-state index in [1.165, 1.54) is 44.9 Å². The number of hydrogen-bond acceptors (Lipinski definition) is 5. The number of unbranched alkanes of at least 4 members (excludes halogenated alkanes) is 7. The summed E-state index contributed by atoms with van der Waals surface area (Å²) in [7, 11) is 0. The molecule has 0 amide bonds. The summed E-state index contributed by atoms with van der Waals surface area (Å²) in [5.74, 6) is -0.730. The third-order valence-corrected chi connectivity index (χ3v) is 4.47. The molecular formula is C21H36O5. The lowest BCUT2D eigenvalue weighted by Crippen LogP contribution is -2.18. The maximum Gasteiger partial charge on any atom is 0.306 e. The van der Waals surface area contributed by atoms with Crippen LogP contribution < -0.4 is 0 Å². The molecule has 0 radical (unpaired) electrons. The van der Waals surface area contributed by atoms with Crippen LogP contribution in [0.3, 0.4) is 0 Å². The van der Waals surface area contributed by atoms with Gasteiger partial charge in [0.25, 0.3) is 0 Å². The first-order chi connectivity index (χ1) is 12.7. The Morgan fingerprint density at radius 2 is 1.65 bits per heavy atom. The fourth-order valence-electron chi connectivity index (χ4n) is 2.86. The molecule has 0 aliphatic carbocycles. The lowest BCUT2D eigenvalue weighted by Gasteiger charge is -2.09. The third-order valence-electron chi connectivity index (χ3n) is 4.47. The number of carbonyl (C=O) groups excluding carboxylic acids is 2. The van der Waals surface area contributed by atoms with Crippen LogP contribution >= 0.6 is 0 Å². The SMILES string of the molecule is CCCCCCCCC/C=C/COC(=O)CCC(=O)OCC1CCCO1. The Morgan fingerprint density at radius 3 is 2.35 bits per heavy atom. The van der Waals surface area contributed by atoms with Crippen LogP contribution in [0, 0.1) is 0 Å². The molecule has 1 heterocycles. The first-order valence-corrected chi connectivity index (χ1v) is 10.3. The van der Waals surface area contributed by atoms with E-state index >= 15 is 0 Å². The van der Waals surface area contributed by atoms with Gasteiger partial charge in [-0.15, -0.1) is 0 Å². The summed E-state index contributed by atoms with van der Waals surface area (Å²) < 4.78 is 15.6. The molecule has 1 atom stereocenters. The maximum absolute atomic E-state index is 11.6. The summed E-state index contributed by atoms with van der Waals surface area (Å²) >= 11 is 0. The molecule has 0 N–H and O–H groups in total. The van der Waals surface area contributed by atoms with Crippen molar-refractivity contribution in [3.8, 4) is 0 Å². The van der Waals surface area contributed by atoms with Crippen molar-refractivity contribution in [2.24, 2.45) is 0 Å². The zero-order chi connectivity index (χ0) is 18.9. The molecule has 0 saturated carbocycles. The second kappa shape index (κ2) is 15.9. The molecule has 1 aliphatic heterocycles. The summed E-state index contributed by atoms with van der Waals surface area (Å²) in [4.78, 5) is 23.1. The van der Waals surface area contributed by atoms with Crippen molar-refractivity contribution in [1.82, 2.24) is 0 Å². The van der Waals surface area contributed by atoms with Gasteiger partial charge in [-0.2, -0.15) is 0 Å². The van der Waals surface area contributed by atoms with Crippen molar-refractivity contribution in [2.75, 3.05) is 19.8 Å². The van der Waals surface area contributed by atoms with Crippen molar-refractivity contribution >= 4 is 11.9 Å². The zero-order valence-electron chi connectivity index (χ0n) is 16.4. The van der Waals surface area contributed by atoms with E-state index < -0.39 is 0 Å². The van der Waals surface area contributed by atoms with Crippen LogP contribution in [0.5, 0.6) is 0 Å². The molecular weight excluding hydrogens is 332 g/mol. The van der Waals surface area contributed by atoms with Gasteiger partial charge in [-0.25, -0.2) is 0 Å². The number of ether oxygens (including phenoxy) is 3. The highest BCUT2D eigenvalue weighted by molar-refractivity contribution is 5.77. The quantitative estimate of drug-likeness (QED) is 0.238. The Hall–Kier alpha value is -1.36. The second-order valence-corrected chi connectivity index (χ2v) is 6.88. The third kappa shape index (κ3) is 12.9. The van der Waals surface area contributed by atoms with Crippen molar-refractivity contribution in [3.05, 3.63) is 12.2 Å². The van der Waals surface area contributed by atoms with E-state index in [-0.39, 0.29) is 44.1 Å². The van der Waals surface area contributed by atoms with Crippen LogP contribution in [0.4, 0.5) is 0 Å². The van der Waals surface area contributed by atoms with E-state index in [4.69, 9.17) is 14.2 Å². The normalized spacial score (nSPS) is 16.9. The number of carbonyl (C=O) groups is 2. The van der Waals surface area contributed by atoms with Crippen LogP contribution in [0.15, 0.2) is 12.2 Å². The highest BCUT2D eigenvalue weighted by Gasteiger charge is 2.17. The Morgan fingerprint density at radius 1 is 0.962 bits per heavy atom. The summed E-state index contributed by atoms with van der Waals surface area (Å²) in [6, 6.07) is 0. The molecule has 0 spiro atoms. The van der Waals surface area contributed by atoms with E-state index in [2.05, 4.69) is 13.0 Å². The first-order valence-electron chi connectivity index (χ1n) is 10.3. The van der Waals surface area contributed by atoms with Gasteiger partial charge in [0, 0.05) is 6.61 Å². The fraction of sp³-hybridized carbons (Fsp3) is 0.810. The molecule has 1 fully saturated rings. The van der Waals surface area contributed by atoms with Crippen LogP contribution in [0.25, 0.3) is 0 Å². The van der Waals surface area contributed by atoms with Gasteiger partial charge < -0.3 is 14.2 Å². The topological polar surface area (TPSA) is 61.8 Å². The molecule has 0 aromatic rings. The molecule has 5 nitrogen and oxygen atoms in total. The molecule has 26 heavy (non-hydrogen) atoms. The Kier molecular flexibility index (Phi) is 13.8. The van der Waals surface area contributed by atoms with E-state index in [1.54, 1.807) is 0 Å². The molecule has 5 heteroatoms. The highest BCUT2D eigenvalue weighted by atomic mass is 16.6. The van der Waals surface area contributed by atoms with E-state index in [0.717, 1.165) is 25.9 Å². The molecule has 1 saturated heterocycles. The predicted molar refractivity (Wildman–Crippen MR) is 102 cm³/mol. The maximum atomic E-state index is 11.6. The average molecular weight is 369 g/mol. The second-order valence-electron chi connectivity index (χ2n) is 6.88. The van der Waals surface area contributed by atoms with Gasteiger partial charge in [-0.3, -0.25) is 9.59 Å². The predicted octanol–water partition coefficient (Wildman–Crippen LogP) is 4.73. The first kappa shape index (κ1) is 22.7. The largest absolute Gasteiger partial charge is 0.463 e. The molecule has 1 unspecified atom stereocenters. The Balaban J connectivity index is 1.88. The van der Waals surface area contributed by atoms with E-state index in [1.807, 2.05) is 6.08 Å². The molecule has 0 bridgehead atoms. The van der Waals surface area contributed by atoms with Crippen molar-refractivity contribution in [2.45, 2.75) is 90.1 Å². The van der Waals surface area contributed by atoms with Crippen LogP contribution in [-0.4, -0.2) is 37.9 Å². The zero-order valence-corrected chi connectivity index (χ0v) is 16.4. The average Bonchev–Trinajstić information content (AvgIpc) is 3.16. The van der Waals surface area contributed by atoms with Gasteiger partial charge in [-0.1, -0.05) is 57.6 Å². The van der Waals surface area contributed by atoms with Crippen molar-refractivity contribution < 1.29 is 23.8 Å². The molecule has 150 valence electrons. The van der Waals surface area contributed by atoms with Gasteiger partial charge in [0.05, 0.1) is 18.9 Å². The van der Waals surface area contributed by atoms with Crippen LogP contribution in [0.1, 0.15) is 84.0 Å². The van der Waals surface area contributed by atoms with Gasteiger partial charge in [0.2, 0.25) is 0 Å². The van der Waals surface area contributed by atoms with Crippen LogP contribution in [-0.2, 0) is 23.8 Å². The lowest BCUT2D eigenvalue weighted by molar-refractivity contribution is -0.151. The number of hydrogen-bond donors (Lipinski definition) is 0. The minimum atomic E-state index is -0.369. The molecule has 0 aromatic carbocycles. The van der Waals surface area contributed by atoms with Gasteiger partial charge in [0.15, 0.2) is 0 Å². The Labute approximate surface area is 158 Å². The number of esters is 2. The van der Waals surface area contributed by atoms with Crippen LogP contribution in [0.2, 0.25) is 0 Å². The van der Waals surface area contributed by atoms with E-state index in [0.29, 0.717) is 0 Å². The molecule has 0 aromatic heterocycles.